The summed E-state index contributed by atoms with van der Waals surface area (Å²) in [5, 5.41) is 5.69. The Hall–Kier alpha value is -3.68. The SMILES string of the molecule is [B]c1cccc(F)c1CC(=C)Nc1ccc(Oc2cc(NC(C)=O)ncn2)cc1. The normalized spacial score (nSPS) is 10.3. The molecule has 3 aromatic rings. The molecule has 0 aliphatic carbocycles. The number of ether oxygens (including phenoxy) is 1. The number of allylic oxidation sites excluding steroid dienone is 1. The number of halogens is 1. The molecule has 2 radical (unpaired) electrons. The number of aromatic nitrogens is 2. The van der Waals surface area contributed by atoms with E-state index in [9.17, 15) is 9.18 Å². The van der Waals surface area contributed by atoms with Gasteiger partial charge in [0.05, 0.1) is 0 Å². The largest absolute Gasteiger partial charge is 0.439 e. The highest BCUT2D eigenvalue weighted by atomic mass is 19.1. The number of benzene rings is 2. The van der Waals surface area contributed by atoms with Gasteiger partial charge in [0.2, 0.25) is 11.8 Å². The van der Waals surface area contributed by atoms with Crippen LogP contribution in [0.5, 0.6) is 11.6 Å². The number of carbonyl (C=O) groups is 1. The number of nitrogens with zero attached hydrogens (tertiary/aromatic N) is 2. The Morgan fingerprint density at radius 3 is 2.62 bits per heavy atom. The van der Waals surface area contributed by atoms with Gasteiger partial charge in [-0.3, -0.25) is 4.79 Å². The van der Waals surface area contributed by atoms with Gasteiger partial charge in [0.15, 0.2) is 0 Å². The Balaban J connectivity index is 1.61. The second kappa shape index (κ2) is 9.01. The minimum Gasteiger partial charge on any atom is -0.439 e. The van der Waals surface area contributed by atoms with Crippen molar-refractivity contribution in [1.29, 1.82) is 0 Å². The average molecular weight is 388 g/mol. The standard InChI is InChI=1S/C21H18BFN4O2/c1-13(10-17-18(22)4-3-5-19(17)23)26-15-6-8-16(9-7-15)29-21-11-20(24-12-25-21)27-14(2)28/h3-9,11-12,26H,1,10H2,2H3,(H,24,25,27,28). The highest BCUT2D eigenvalue weighted by Gasteiger charge is 2.08. The number of rotatable bonds is 7. The summed E-state index contributed by atoms with van der Waals surface area (Å²) in [7, 11) is 5.83. The van der Waals surface area contributed by atoms with E-state index in [-0.39, 0.29) is 18.1 Å². The fourth-order valence-electron chi connectivity index (χ4n) is 2.59. The lowest BCUT2D eigenvalue weighted by Gasteiger charge is -2.13. The van der Waals surface area contributed by atoms with Crippen LogP contribution in [0.1, 0.15) is 12.5 Å². The molecule has 1 amide bonds. The Labute approximate surface area is 169 Å². The van der Waals surface area contributed by atoms with Crippen LogP contribution in [0.4, 0.5) is 15.9 Å². The van der Waals surface area contributed by atoms with Crippen LogP contribution < -0.4 is 20.8 Å². The third-order valence-corrected chi connectivity index (χ3v) is 3.89. The number of hydrogen-bond acceptors (Lipinski definition) is 5. The molecule has 2 aromatic carbocycles. The molecule has 8 heteroatoms. The molecule has 0 aliphatic rings. The molecule has 144 valence electrons. The first kappa shape index (κ1) is 20.1. The van der Waals surface area contributed by atoms with Crippen LogP contribution in [-0.4, -0.2) is 23.7 Å². The summed E-state index contributed by atoms with van der Waals surface area (Å²) in [5.41, 5.74) is 2.16. The Kier molecular flexibility index (Phi) is 6.24. The fraction of sp³-hybridized carbons (Fsp3) is 0.0952. The van der Waals surface area contributed by atoms with E-state index in [2.05, 4.69) is 27.2 Å². The van der Waals surface area contributed by atoms with Crippen molar-refractivity contribution < 1.29 is 13.9 Å². The van der Waals surface area contributed by atoms with Gasteiger partial charge in [-0.1, -0.05) is 24.2 Å². The van der Waals surface area contributed by atoms with Gasteiger partial charge in [-0.2, -0.15) is 0 Å². The van der Waals surface area contributed by atoms with E-state index < -0.39 is 0 Å². The monoisotopic (exact) mass is 388 g/mol. The molecule has 0 aliphatic heterocycles. The van der Waals surface area contributed by atoms with Crippen molar-refractivity contribution >= 4 is 30.7 Å². The molecule has 6 nitrogen and oxygen atoms in total. The summed E-state index contributed by atoms with van der Waals surface area (Å²) in [5.74, 6) is 0.600. The van der Waals surface area contributed by atoms with Crippen molar-refractivity contribution in [2.75, 3.05) is 10.6 Å². The zero-order chi connectivity index (χ0) is 20.8. The maximum atomic E-state index is 13.9. The van der Waals surface area contributed by atoms with E-state index >= 15 is 0 Å². The van der Waals surface area contributed by atoms with Crippen molar-refractivity contribution in [3.8, 4) is 11.6 Å². The van der Waals surface area contributed by atoms with Crippen LogP contribution in [0.3, 0.4) is 0 Å². The minimum atomic E-state index is -0.361. The number of anilines is 2. The van der Waals surface area contributed by atoms with Crippen molar-refractivity contribution in [2.45, 2.75) is 13.3 Å². The van der Waals surface area contributed by atoms with Crippen LogP contribution in [0.2, 0.25) is 0 Å². The smallest absolute Gasteiger partial charge is 0.224 e. The molecule has 0 spiro atoms. The van der Waals surface area contributed by atoms with Gasteiger partial charge in [-0.15, -0.1) is 0 Å². The van der Waals surface area contributed by atoms with Crippen LogP contribution in [-0.2, 0) is 11.2 Å². The molecule has 0 atom stereocenters. The van der Waals surface area contributed by atoms with E-state index in [0.29, 0.717) is 34.2 Å². The highest BCUT2D eigenvalue weighted by molar-refractivity contribution is 6.33. The fourth-order valence-corrected chi connectivity index (χ4v) is 2.59. The second-order valence-electron chi connectivity index (χ2n) is 6.26. The lowest BCUT2D eigenvalue weighted by atomic mass is 9.88. The van der Waals surface area contributed by atoms with Crippen molar-refractivity contribution in [1.82, 2.24) is 9.97 Å². The summed E-state index contributed by atoms with van der Waals surface area (Å²) in [6.07, 6.45) is 1.57. The van der Waals surface area contributed by atoms with Crippen LogP contribution in [0.25, 0.3) is 0 Å². The Morgan fingerprint density at radius 1 is 1.17 bits per heavy atom. The lowest BCUT2D eigenvalue weighted by Crippen LogP contribution is -2.15. The molecule has 0 saturated carbocycles. The van der Waals surface area contributed by atoms with Gasteiger partial charge in [0.1, 0.15) is 31.6 Å². The lowest BCUT2D eigenvalue weighted by molar-refractivity contribution is -0.114. The van der Waals surface area contributed by atoms with E-state index in [0.717, 1.165) is 5.69 Å². The molecule has 1 aromatic heterocycles. The van der Waals surface area contributed by atoms with Gasteiger partial charge >= 0.3 is 0 Å². The molecule has 2 N–H and O–H groups in total. The average Bonchev–Trinajstić information content (AvgIpc) is 2.66. The highest BCUT2D eigenvalue weighted by Crippen LogP contribution is 2.23. The molecule has 0 saturated heterocycles. The first-order valence-electron chi connectivity index (χ1n) is 8.76. The number of hydrogen-bond donors (Lipinski definition) is 2. The van der Waals surface area contributed by atoms with Gasteiger partial charge < -0.3 is 15.4 Å². The zero-order valence-corrected chi connectivity index (χ0v) is 15.8. The maximum Gasteiger partial charge on any atom is 0.224 e. The van der Waals surface area contributed by atoms with E-state index in [1.54, 1.807) is 36.4 Å². The van der Waals surface area contributed by atoms with Crippen molar-refractivity contribution in [2.24, 2.45) is 0 Å². The van der Waals surface area contributed by atoms with Crippen molar-refractivity contribution in [3.05, 3.63) is 78.5 Å². The quantitative estimate of drug-likeness (QED) is 0.608. The van der Waals surface area contributed by atoms with Gasteiger partial charge in [-0.25, -0.2) is 14.4 Å². The molecular formula is C21H18BFN4O2. The molecule has 0 fully saturated rings. The summed E-state index contributed by atoms with van der Waals surface area (Å²) >= 11 is 0. The van der Waals surface area contributed by atoms with Crippen molar-refractivity contribution in [3.63, 3.8) is 0 Å². The molecule has 29 heavy (non-hydrogen) atoms. The van der Waals surface area contributed by atoms with E-state index in [1.807, 2.05) is 0 Å². The van der Waals surface area contributed by atoms with Crippen LogP contribution in [0.15, 0.2) is 67.1 Å². The summed E-state index contributed by atoms with van der Waals surface area (Å²) in [6.45, 7) is 5.33. The maximum absolute atomic E-state index is 13.9. The predicted octanol–water partition coefficient (Wildman–Crippen LogP) is 3.33. The molecular weight excluding hydrogens is 370 g/mol. The topological polar surface area (TPSA) is 76.1 Å². The summed E-state index contributed by atoms with van der Waals surface area (Å²) in [6, 6.07) is 13.2. The van der Waals surface area contributed by atoms with Gasteiger partial charge in [-0.05, 0) is 35.9 Å². The first-order chi connectivity index (χ1) is 13.9. The number of nitrogens with one attached hydrogen (secondary N) is 2. The minimum absolute atomic E-state index is 0.234. The Morgan fingerprint density at radius 2 is 1.93 bits per heavy atom. The molecule has 0 unspecified atom stereocenters. The summed E-state index contributed by atoms with van der Waals surface area (Å²) in [4.78, 5) is 19.1. The second-order valence-corrected chi connectivity index (χ2v) is 6.26. The summed E-state index contributed by atoms with van der Waals surface area (Å²) < 4.78 is 19.6. The molecule has 3 rings (SSSR count). The zero-order valence-electron chi connectivity index (χ0n) is 15.8. The third kappa shape index (κ3) is 5.65. The number of carbonyl (C=O) groups excluding carboxylic acids is 1. The van der Waals surface area contributed by atoms with Gasteiger partial charge in [0.25, 0.3) is 0 Å². The van der Waals surface area contributed by atoms with Crippen LogP contribution in [0, 0.1) is 5.82 Å². The molecule has 0 bridgehead atoms. The van der Waals surface area contributed by atoms with E-state index in [1.165, 1.54) is 25.4 Å². The van der Waals surface area contributed by atoms with Gasteiger partial charge in [0, 0.05) is 30.8 Å². The van der Waals surface area contributed by atoms with E-state index in [4.69, 9.17) is 12.6 Å². The Bertz CT molecular complexity index is 1020. The van der Waals surface area contributed by atoms with Crippen LogP contribution >= 0.6 is 0 Å². The first-order valence-corrected chi connectivity index (χ1v) is 8.76. The number of amides is 1. The predicted molar refractivity (Wildman–Crippen MR) is 111 cm³/mol. The molecule has 1 heterocycles. The third-order valence-electron chi connectivity index (χ3n) is 3.89.